The van der Waals surface area contributed by atoms with E-state index < -0.39 is 0 Å². The van der Waals surface area contributed by atoms with Crippen LogP contribution in [-0.2, 0) is 0 Å². The fourth-order valence-corrected chi connectivity index (χ4v) is 11.1. The average Bonchev–Trinajstić information content (AvgIpc) is 3.97. The van der Waals surface area contributed by atoms with Crippen LogP contribution in [0.15, 0.2) is 199 Å². The molecule has 0 fully saturated rings. The molecule has 3 heterocycles. The van der Waals surface area contributed by atoms with Gasteiger partial charge in [0.25, 0.3) is 0 Å². The van der Waals surface area contributed by atoms with Crippen molar-refractivity contribution in [2.75, 3.05) is 9.80 Å². The van der Waals surface area contributed by atoms with Crippen LogP contribution in [0.1, 0.15) is 0 Å². The van der Waals surface area contributed by atoms with E-state index in [1.165, 1.54) is 51.1 Å². The number of thiophene rings is 2. The van der Waals surface area contributed by atoms with E-state index in [0.29, 0.717) is 0 Å². The van der Waals surface area contributed by atoms with Crippen molar-refractivity contribution >= 4 is 130 Å². The third-order valence-corrected chi connectivity index (χ3v) is 13.5. The Hall–Kier alpha value is -6.92. The lowest BCUT2D eigenvalue weighted by atomic mass is 10.0. The zero-order valence-corrected chi connectivity index (χ0v) is 32.2. The molecule has 57 heavy (non-hydrogen) atoms. The quantitative estimate of drug-likeness (QED) is 0.168. The minimum absolute atomic E-state index is 0.855. The van der Waals surface area contributed by atoms with Crippen molar-refractivity contribution in [3.8, 4) is 0 Å². The number of hydrogen-bond donors (Lipinski definition) is 0. The molecule has 12 aromatic rings. The maximum Gasteiger partial charge on any atom is 0.159 e. The number of benzene rings is 9. The predicted octanol–water partition coefficient (Wildman–Crippen LogP) is 16.4. The van der Waals surface area contributed by atoms with Gasteiger partial charge in [-0.3, -0.25) is 0 Å². The second-order valence-corrected chi connectivity index (χ2v) is 16.6. The van der Waals surface area contributed by atoms with Gasteiger partial charge in [-0.2, -0.15) is 0 Å². The van der Waals surface area contributed by atoms with Crippen LogP contribution >= 0.6 is 22.7 Å². The van der Waals surface area contributed by atoms with E-state index in [1.54, 1.807) is 0 Å². The van der Waals surface area contributed by atoms with Gasteiger partial charge in [0.2, 0.25) is 0 Å². The first-order valence-corrected chi connectivity index (χ1v) is 20.8. The summed E-state index contributed by atoms with van der Waals surface area (Å²) >= 11 is 3.72. The van der Waals surface area contributed by atoms with Crippen molar-refractivity contribution in [1.82, 2.24) is 0 Å². The number of para-hydroxylation sites is 4. The molecule has 0 aliphatic carbocycles. The lowest BCUT2D eigenvalue weighted by Crippen LogP contribution is -2.17. The largest absolute Gasteiger partial charge is 0.454 e. The highest BCUT2D eigenvalue weighted by Crippen LogP contribution is 2.53. The molecule has 0 radical (unpaired) electrons. The highest BCUT2D eigenvalue weighted by Gasteiger charge is 2.28. The molecule has 0 spiro atoms. The first kappa shape index (κ1) is 32.3. The molecule has 268 valence electrons. The second kappa shape index (κ2) is 12.8. The summed E-state index contributed by atoms with van der Waals surface area (Å²) < 4.78 is 11.8. The van der Waals surface area contributed by atoms with E-state index in [0.717, 1.165) is 56.1 Å². The number of fused-ring (bicyclic) bond motifs is 11. The first-order chi connectivity index (χ1) is 28.3. The van der Waals surface area contributed by atoms with E-state index in [4.69, 9.17) is 4.42 Å². The highest BCUT2D eigenvalue weighted by atomic mass is 32.1. The lowest BCUT2D eigenvalue weighted by Gasteiger charge is -2.33. The lowest BCUT2D eigenvalue weighted by molar-refractivity contribution is 0.669. The Bertz CT molecular complexity index is 3490. The number of furan rings is 1. The molecule has 0 bridgehead atoms. The summed E-state index contributed by atoms with van der Waals surface area (Å²) in [6, 6.07) is 70.2. The fourth-order valence-electron chi connectivity index (χ4n) is 8.72. The fraction of sp³-hybridized carbons (Fsp3) is 0. The van der Waals surface area contributed by atoms with Crippen molar-refractivity contribution < 1.29 is 4.42 Å². The third-order valence-electron chi connectivity index (χ3n) is 11.2. The Kier molecular flexibility index (Phi) is 7.27. The van der Waals surface area contributed by atoms with Crippen LogP contribution in [-0.4, -0.2) is 0 Å². The Balaban J connectivity index is 1.24. The number of anilines is 6. The molecule has 0 unspecified atom stereocenters. The van der Waals surface area contributed by atoms with E-state index in [1.807, 2.05) is 28.7 Å². The van der Waals surface area contributed by atoms with Gasteiger partial charge in [-0.25, -0.2) is 0 Å². The van der Waals surface area contributed by atoms with Crippen molar-refractivity contribution in [3.05, 3.63) is 194 Å². The molecule has 0 saturated carbocycles. The van der Waals surface area contributed by atoms with Gasteiger partial charge in [0.05, 0.1) is 27.4 Å². The molecular weight excluding hydrogens is 733 g/mol. The molecule has 3 aromatic heterocycles. The van der Waals surface area contributed by atoms with Crippen LogP contribution in [0.25, 0.3) is 73.1 Å². The molecule has 0 aliphatic heterocycles. The van der Waals surface area contributed by atoms with E-state index in [-0.39, 0.29) is 0 Å². The van der Waals surface area contributed by atoms with Gasteiger partial charge < -0.3 is 14.2 Å². The van der Waals surface area contributed by atoms with Crippen LogP contribution in [0.4, 0.5) is 34.1 Å². The number of hydrogen-bond acceptors (Lipinski definition) is 5. The Morgan fingerprint density at radius 3 is 1.77 bits per heavy atom. The summed E-state index contributed by atoms with van der Waals surface area (Å²) in [5, 5.41) is 9.78. The van der Waals surface area contributed by atoms with E-state index in [2.05, 4.69) is 198 Å². The van der Waals surface area contributed by atoms with Gasteiger partial charge in [0, 0.05) is 57.8 Å². The zero-order valence-electron chi connectivity index (χ0n) is 30.6. The summed E-state index contributed by atoms with van der Waals surface area (Å²) in [5.74, 6) is 0. The summed E-state index contributed by atoms with van der Waals surface area (Å²) in [6.45, 7) is 0. The smallest absolute Gasteiger partial charge is 0.159 e. The van der Waals surface area contributed by atoms with Gasteiger partial charge in [-0.1, -0.05) is 127 Å². The van der Waals surface area contributed by atoms with Gasteiger partial charge in [0.1, 0.15) is 5.58 Å². The Labute approximate surface area is 336 Å². The molecule has 5 heteroatoms. The molecule has 3 nitrogen and oxygen atoms in total. The third kappa shape index (κ3) is 5.03. The number of rotatable bonds is 6. The van der Waals surface area contributed by atoms with E-state index >= 15 is 0 Å². The van der Waals surface area contributed by atoms with Gasteiger partial charge in [-0.05, 0) is 77.5 Å². The van der Waals surface area contributed by atoms with Crippen LogP contribution in [0.5, 0.6) is 0 Å². The topological polar surface area (TPSA) is 19.6 Å². The maximum atomic E-state index is 6.80. The monoisotopic (exact) mass is 764 g/mol. The zero-order chi connectivity index (χ0) is 37.5. The molecule has 0 N–H and O–H groups in total. The minimum atomic E-state index is 0.855. The van der Waals surface area contributed by atoms with Crippen molar-refractivity contribution in [2.24, 2.45) is 0 Å². The summed E-state index contributed by atoms with van der Waals surface area (Å²) in [7, 11) is 0. The molecule has 0 amide bonds. The van der Waals surface area contributed by atoms with E-state index in [9.17, 15) is 0 Å². The Morgan fingerprint density at radius 1 is 0.351 bits per heavy atom. The highest BCUT2D eigenvalue weighted by molar-refractivity contribution is 7.26. The number of nitrogens with zero attached hydrogens (tertiary/aromatic N) is 2. The molecule has 0 aliphatic rings. The van der Waals surface area contributed by atoms with Crippen molar-refractivity contribution in [2.45, 2.75) is 0 Å². The van der Waals surface area contributed by atoms with Gasteiger partial charge in [-0.15, -0.1) is 22.7 Å². The predicted molar refractivity (Wildman–Crippen MR) is 246 cm³/mol. The Morgan fingerprint density at radius 2 is 0.965 bits per heavy atom. The normalized spacial score (nSPS) is 11.9. The van der Waals surface area contributed by atoms with Crippen LogP contribution < -0.4 is 9.80 Å². The summed E-state index contributed by atoms with van der Waals surface area (Å²) in [4.78, 5) is 4.89. The van der Waals surface area contributed by atoms with Gasteiger partial charge in [0.15, 0.2) is 5.58 Å². The van der Waals surface area contributed by atoms with Crippen LogP contribution in [0.2, 0.25) is 0 Å². The first-order valence-electron chi connectivity index (χ1n) is 19.2. The molecular formula is C52H32N2OS2. The minimum Gasteiger partial charge on any atom is -0.454 e. The molecule has 0 atom stereocenters. The van der Waals surface area contributed by atoms with Crippen LogP contribution in [0.3, 0.4) is 0 Å². The SMILES string of the molecule is c1ccc(N(c2cc3sc4ccc5ccccc5c4c3cc2N(c2ccccc2)c2cccc3c2sc2ccccc23)c2cccc3c2oc2ccccc23)cc1. The summed E-state index contributed by atoms with van der Waals surface area (Å²) in [5.41, 5.74) is 8.11. The standard InChI is InChI=1S/C52H32N2OS2/c1-3-16-34(17-4-1)53(42-25-13-23-39-37-21-9-11-27-46(37)55-51(39)42)45-32-49-41(50-36-20-8-7-15-33(36)29-30-48(50)56-49)31-44(45)54(35-18-5-2-6-19-35)43-26-14-24-40-38-22-10-12-28-47(38)57-52(40)43/h1-32H. The van der Waals surface area contributed by atoms with Crippen molar-refractivity contribution in [3.63, 3.8) is 0 Å². The molecule has 12 rings (SSSR count). The van der Waals surface area contributed by atoms with Gasteiger partial charge >= 0.3 is 0 Å². The average molecular weight is 765 g/mol. The van der Waals surface area contributed by atoms with Crippen molar-refractivity contribution in [1.29, 1.82) is 0 Å². The van der Waals surface area contributed by atoms with Crippen LogP contribution in [0, 0.1) is 0 Å². The maximum absolute atomic E-state index is 6.80. The molecule has 9 aromatic carbocycles. The molecule has 0 saturated heterocycles. The summed E-state index contributed by atoms with van der Waals surface area (Å²) in [6.07, 6.45) is 0. The second-order valence-electron chi connectivity index (χ2n) is 14.4.